The number of halogens is 1. The molecule has 1 N–H and O–H groups in total. The van der Waals surface area contributed by atoms with Crippen LogP contribution in [0.15, 0.2) is 52.3 Å². The standard InChI is InChI=1S/C17H20FNS/c1-4-19-13(3)17-15(18)9-6-10-16(17)20-14-8-5-7-12(2)11-14/h5-11,13,19H,4H2,1-3H3. The van der Waals surface area contributed by atoms with E-state index in [9.17, 15) is 4.39 Å². The number of benzene rings is 2. The highest BCUT2D eigenvalue weighted by Crippen LogP contribution is 2.34. The van der Waals surface area contributed by atoms with Gasteiger partial charge in [-0.05, 0) is 44.7 Å². The van der Waals surface area contributed by atoms with Crippen molar-refractivity contribution < 1.29 is 4.39 Å². The second kappa shape index (κ2) is 6.91. The van der Waals surface area contributed by atoms with Crippen LogP contribution in [0.25, 0.3) is 0 Å². The van der Waals surface area contributed by atoms with Gasteiger partial charge in [-0.1, -0.05) is 42.4 Å². The molecule has 1 atom stereocenters. The van der Waals surface area contributed by atoms with Gasteiger partial charge in [-0.15, -0.1) is 0 Å². The zero-order valence-corrected chi connectivity index (χ0v) is 12.9. The third kappa shape index (κ3) is 3.62. The Morgan fingerprint density at radius 1 is 1.20 bits per heavy atom. The summed E-state index contributed by atoms with van der Waals surface area (Å²) in [5.74, 6) is -0.142. The zero-order chi connectivity index (χ0) is 14.5. The van der Waals surface area contributed by atoms with Crippen molar-refractivity contribution in [2.24, 2.45) is 0 Å². The predicted molar refractivity (Wildman–Crippen MR) is 83.8 cm³/mol. The molecular formula is C17H20FNS. The molecule has 0 saturated heterocycles. The van der Waals surface area contributed by atoms with Crippen molar-refractivity contribution in [3.63, 3.8) is 0 Å². The van der Waals surface area contributed by atoms with Crippen LogP contribution < -0.4 is 5.32 Å². The molecule has 0 amide bonds. The van der Waals surface area contributed by atoms with E-state index in [1.165, 1.54) is 11.6 Å². The van der Waals surface area contributed by atoms with E-state index in [0.29, 0.717) is 0 Å². The molecule has 1 unspecified atom stereocenters. The molecule has 0 aliphatic rings. The fourth-order valence-corrected chi connectivity index (χ4v) is 3.42. The lowest BCUT2D eigenvalue weighted by Crippen LogP contribution is -2.19. The molecule has 0 fully saturated rings. The smallest absolute Gasteiger partial charge is 0.129 e. The van der Waals surface area contributed by atoms with Crippen LogP contribution in [0.2, 0.25) is 0 Å². The first-order valence-electron chi connectivity index (χ1n) is 6.88. The fourth-order valence-electron chi connectivity index (χ4n) is 2.24. The van der Waals surface area contributed by atoms with E-state index in [-0.39, 0.29) is 11.9 Å². The van der Waals surface area contributed by atoms with E-state index in [1.54, 1.807) is 17.8 Å². The van der Waals surface area contributed by atoms with Gasteiger partial charge in [0.05, 0.1) is 0 Å². The van der Waals surface area contributed by atoms with Crippen LogP contribution in [0.3, 0.4) is 0 Å². The summed E-state index contributed by atoms with van der Waals surface area (Å²) in [6, 6.07) is 13.6. The lowest BCUT2D eigenvalue weighted by molar-refractivity contribution is 0.531. The molecule has 0 radical (unpaired) electrons. The fraction of sp³-hybridized carbons (Fsp3) is 0.294. The van der Waals surface area contributed by atoms with Crippen molar-refractivity contribution in [1.29, 1.82) is 0 Å². The summed E-state index contributed by atoms with van der Waals surface area (Å²) >= 11 is 1.62. The van der Waals surface area contributed by atoms with E-state index in [0.717, 1.165) is 21.9 Å². The zero-order valence-electron chi connectivity index (χ0n) is 12.1. The van der Waals surface area contributed by atoms with Crippen molar-refractivity contribution >= 4 is 11.8 Å². The quantitative estimate of drug-likeness (QED) is 0.835. The Bertz CT molecular complexity index is 583. The largest absolute Gasteiger partial charge is 0.310 e. The van der Waals surface area contributed by atoms with Crippen LogP contribution >= 0.6 is 11.8 Å². The second-order valence-electron chi connectivity index (χ2n) is 4.85. The molecule has 0 bridgehead atoms. The van der Waals surface area contributed by atoms with Crippen molar-refractivity contribution in [2.45, 2.75) is 36.6 Å². The van der Waals surface area contributed by atoms with E-state index < -0.39 is 0 Å². The minimum absolute atomic E-state index is 0.00788. The molecule has 20 heavy (non-hydrogen) atoms. The molecular weight excluding hydrogens is 269 g/mol. The lowest BCUT2D eigenvalue weighted by Gasteiger charge is -2.17. The van der Waals surface area contributed by atoms with Gasteiger partial charge in [-0.2, -0.15) is 0 Å². The molecule has 2 aromatic carbocycles. The first-order chi connectivity index (χ1) is 9.61. The molecule has 0 aliphatic carbocycles. The molecule has 0 aromatic heterocycles. The first-order valence-corrected chi connectivity index (χ1v) is 7.69. The van der Waals surface area contributed by atoms with Crippen molar-refractivity contribution in [3.05, 3.63) is 59.4 Å². The molecule has 2 rings (SSSR count). The Hall–Kier alpha value is -1.32. The first kappa shape index (κ1) is 15.1. The molecule has 2 aromatic rings. The van der Waals surface area contributed by atoms with Gasteiger partial charge in [0, 0.05) is 21.4 Å². The van der Waals surface area contributed by atoms with Crippen molar-refractivity contribution in [2.75, 3.05) is 6.54 Å². The highest BCUT2D eigenvalue weighted by Gasteiger charge is 2.15. The number of hydrogen-bond donors (Lipinski definition) is 1. The Labute approximate surface area is 124 Å². The van der Waals surface area contributed by atoms with E-state index in [2.05, 4.69) is 30.4 Å². The predicted octanol–water partition coefficient (Wildman–Crippen LogP) is 4.96. The summed E-state index contributed by atoms with van der Waals surface area (Å²) in [5.41, 5.74) is 1.97. The van der Waals surface area contributed by atoms with Crippen molar-refractivity contribution in [3.8, 4) is 0 Å². The summed E-state index contributed by atoms with van der Waals surface area (Å²) < 4.78 is 14.2. The van der Waals surface area contributed by atoms with E-state index in [4.69, 9.17) is 0 Å². The van der Waals surface area contributed by atoms with Crippen LogP contribution in [0.1, 0.15) is 31.0 Å². The van der Waals surface area contributed by atoms with Gasteiger partial charge in [0.1, 0.15) is 5.82 Å². The topological polar surface area (TPSA) is 12.0 Å². The number of hydrogen-bond acceptors (Lipinski definition) is 2. The van der Waals surface area contributed by atoms with Crippen LogP contribution in [0.4, 0.5) is 4.39 Å². The highest BCUT2D eigenvalue weighted by molar-refractivity contribution is 7.99. The SMILES string of the molecule is CCNC(C)c1c(F)cccc1Sc1cccc(C)c1. The Morgan fingerprint density at radius 2 is 1.95 bits per heavy atom. The minimum Gasteiger partial charge on any atom is -0.310 e. The molecule has 0 spiro atoms. The Kier molecular flexibility index (Phi) is 5.21. The molecule has 3 heteroatoms. The Balaban J connectivity index is 2.34. The van der Waals surface area contributed by atoms with E-state index in [1.807, 2.05) is 26.0 Å². The Morgan fingerprint density at radius 3 is 2.65 bits per heavy atom. The number of aryl methyl sites for hydroxylation is 1. The maximum absolute atomic E-state index is 14.2. The van der Waals surface area contributed by atoms with Crippen LogP contribution in [0.5, 0.6) is 0 Å². The maximum Gasteiger partial charge on any atom is 0.129 e. The average Bonchev–Trinajstić information content (AvgIpc) is 2.39. The second-order valence-corrected chi connectivity index (χ2v) is 5.96. The third-order valence-electron chi connectivity index (χ3n) is 3.17. The minimum atomic E-state index is -0.142. The number of nitrogens with one attached hydrogen (secondary N) is 1. The lowest BCUT2D eigenvalue weighted by atomic mass is 10.1. The summed E-state index contributed by atoms with van der Waals surface area (Å²) in [4.78, 5) is 2.12. The highest BCUT2D eigenvalue weighted by atomic mass is 32.2. The number of rotatable bonds is 5. The summed E-state index contributed by atoms with van der Waals surface area (Å²) in [6.07, 6.45) is 0. The van der Waals surface area contributed by atoms with Gasteiger partial charge >= 0.3 is 0 Å². The maximum atomic E-state index is 14.2. The van der Waals surface area contributed by atoms with Gasteiger partial charge in [0.15, 0.2) is 0 Å². The van der Waals surface area contributed by atoms with E-state index >= 15 is 0 Å². The summed E-state index contributed by atoms with van der Waals surface area (Å²) in [7, 11) is 0. The van der Waals surface area contributed by atoms with Crippen molar-refractivity contribution in [1.82, 2.24) is 5.32 Å². The summed E-state index contributed by atoms with van der Waals surface area (Å²) in [5, 5.41) is 3.29. The molecule has 0 saturated carbocycles. The monoisotopic (exact) mass is 289 g/mol. The van der Waals surface area contributed by atoms with Crippen LogP contribution in [-0.4, -0.2) is 6.54 Å². The molecule has 106 valence electrons. The van der Waals surface area contributed by atoms with Gasteiger partial charge in [-0.25, -0.2) is 4.39 Å². The molecule has 0 aliphatic heterocycles. The molecule has 1 nitrogen and oxygen atoms in total. The normalized spacial score (nSPS) is 12.4. The van der Waals surface area contributed by atoms with Gasteiger partial charge < -0.3 is 5.32 Å². The third-order valence-corrected chi connectivity index (χ3v) is 4.24. The van der Waals surface area contributed by atoms with Gasteiger partial charge in [0.2, 0.25) is 0 Å². The molecule has 0 heterocycles. The average molecular weight is 289 g/mol. The van der Waals surface area contributed by atoms with Crippen LogP contribution in [-0.2, 0) is 0 Å². The summed E-state index contributed by atoms with van der Waals surface area (Å²) in [6.45, 7) is 6.93. The van der Waals surface area contributed by atoms with Gasteiger partial charge in [0.25, 0.3) is 0 Å². The van der Waals surface area contributed by atoms with Crippen LogP contribution in [0, 0.1) is 12.7 Å². The van der Waals surface area contributed by atoms with Gasteiger partial charge in [-0.3, -0.25) is 0 Å².